The highest BCUT2D eigenvalue weighted by Crippen LogP contribution is 2.13. The second kappa shape index (κ2) is 9.17. The zero-order chi connectivity index (χ0) is 17.4. The Morgan fingerprint density at radius 3 is 2.71 bits per heavy atom. The number of hydrogen-bond donors (Lipinski definition) is 2. The maximum absolute atomic E-state index is 12.0. The quantitative estimate of drug-likeness (QED) is 0.540. The van der Waals surface area contributed by atoms with Gasteiger partial charge in [-0.3, -0.25) is 9.59 Å². The molecule has 1 amide bonds. The van der Waals surface area contributed by atoms with Crippen molar-refractivity contribution in [2.24, 2.45) is 0 Å². The number of rotatable bonds is 9. The van der Waals surface area contributed by atoms with Crippen molar-refractivity contribution in [2.75, 3.05) is 12.3 Å². The second-order valence-corrected chi connectivity index (χ2v) is 6.99. The van der Waals surface area contributed by atoms with Gasteiger partial charge in [-0.2, -0.15) is 0 Å². The molecule has 0 aliphatic heterocycles. The first kappa shape index (κ1) is 18.1. The van der Waals surface area contributed by atoms with E-state index in [1.54, 1.807) is 6.20 Å². The monoisotopic (exact) mass is 345 g/mol. The SMILES string of the molecule is Cc1cnc(C(=O)NCCCCCC(=O)Cc2ccccc2N)s1. The highest BCUT2D eigenvalue weighted by atomic mass is 32.1. The molecule has 5 nitrogen and oxygen atoms in total. The first-order valence-corrected chi connectivity index (χ1v) is 8.93. The van der Waals surface area contributed by atoms with E-state index in [9.17, 15) is 9.59 Å². The largest absolute Gasteiger partial charge is 0.398 e. The van der Waals surface area contributed by atoms with Crippen LogP contribution in [0.3, 0.4) is 0 Å². The van der Waals surface area contributed by atoms with E-state index in [0.717, 1.165) is 29.7 Å². The summed E-state index contributed by atoms with van der Waals surface area (Å²) in [5.74, 6) is 0.0823. The molecule has 2 aromatic rings. The predicted molar refractivity (Wildman–Crippen MR) is 97.2 cm³/mol. The number of nitrogens with zero attached hydrogens (tertiary/aromatic N) is 1. The molecule has 0 aliphatic carbocycles. The number of unbranched alkanes of at least 4 members (excludes halogenated alkanes) is 2. The first-order valence-electron chi connectivity index (χ1n) is 8.12. The van der Waals surface area contributed by atoms with Crippen molar-refractivity contribution in [3.05, 3.63) is 45.9 Å². The summed E-state index contributed by atoms with van der Waals surface area (Å²) in [5.41, 5.74) is 7.41. The van der Waals surface area contributed by atoms with E-state index in [-0.39, 0.29) is 11.7 Å². The standard InChI is InChI=1S/C18H23N3O2S/c1-13-12-21-18(24-13)17(23)20-10-6-2-3-8-15(22)11-14-7-4-5-9-16(14)19/h4-5,7,9,12H,2-3,6,8,10-11,19H2,1H3,(H,20,23). The lowest BCUT2D eigenvalue weighted by Gasteiger charge is -2.05. The molecule has 1 aromatic heterocycles. The van der Waals surface area contributed by atoms with Gasteiger partial charge in [0.25, 0.3) is 5.91 Å². The van der Waals surface area contributed by atoms with Crippen LogP contribution >= 0.6 is 11.3 Å². The second-order valence-electron chi connectivity index (χ2n) is 5.76. The number of carbonyl (C=O) groups excluding carboxylic acids is 2. The number of aryl methyl sites for hydroxylation is 1. The number of nitrogens with one attached hydrogen (secondary N) is 1. The third-order valence-electron chi connectivity index (χ3n) is 3.68. The lowest BCUT2D eigenvalue weighted by molar-refractivity contribution is -0.118. The summed E-state index contributed by atoms with van der Waals surface area (Å²) in [6.45, 7) is 2.53. The molecule has 3 N–H and O–H groups in total. The molecule has 0 saturated carbocycles. The topological polar surface area (TPSA) is 85.1 Å². The van der Waals surface area contributed by atoms with Crippen LogP contribution in [0.5, 0.6) is 0 Å². The Labute approximate surface area is 146 Å². The highest BCUT2D eigenvalue weighted by molar-refractivity contribution is 7.13. The molecule has 6 heteroatoms. The Balaban J connectivity index is 1.57. The number of Topliss-reactive ketones (excluding diaryl/α,β-unsaturated/α-hetero) is 1. The van der Waals surface area contributed by atoms with Crippen LogP contribution in [0, 0.1) is 6.92 Å². The number of amides is 1. The maximum atomic E-state index is 12.0. The molecule has 0 fully saturated rings. The summed E-state index contributed by atoms with van der Waals surface area (Å²) in [5, 5.41) is 3.36. The van der Waals surface area contributed by atoms with E-state index in [2.05, 4.69) is 10.3 Å². The highest BCUT2D eigenvalue weighted by Gasteiger charge is 2.09. The van der Waals surface area contributed by atoms with Gasteiger partial charge in [-0.15, -0.1) is 11.3 Å². The van der Waals surface area contributed by atoms with Crippen molar-refractivity contribution >= 4 is 28.7 Å². The molecule has 2 rings (SSSR count). The summed E-state index contributed by atoms with van der Waals surface area (Å²) >= 11 is 1.39. The van der Waals surface area contributed by atoms with E-state index in [1.165, 1.54) is 11.3 Å². The Morgan fingerprint density at radius 1 is 1.21 bits per heavy atom. The van der Waals surface area contributed by atoms with E-state index >= 15 is 0 Å². The molecule has 128 valence electrons. The number of para-hydroxylation sites is 1. The molecule has 1 aromatic carbocycles. The van der Waals surface area contributed by atoms with Crippen LogP contribution < -0.4 is 11.1 Å². The van der Waals surface area contributed by atoms with Crippen molar-refractivity contribution in [1.29, 1.82) is 0 Å². The zero-order valence-electron chi connectivity index (χ0n) is 13.9. The molecular formula is C18H23N3O2S. The minimum Gasteiger partial charge on any atom is -0.398 e. The number of anilines is 1. The normalized spacial score (nSPS) is 10.5. The van der Waals surface area contributed by atoms with E-state index in [4.69, 9.17) is 5.73 Å². The maximum Gasteiger partial charge on any atom is 0.280 e. The number of thiazole rings is 1. The van der Waals surface area contributed by atoms with Gasteiger partial charge in [0.05, 0.1) is 0 Å². The molecule has 0 aliphatic rings. The molecule has 0 saturated heterocycles. The Hall–Kier alpha value is -2.21. The van der Waals surface area contributed by atoms with E-state index in [1.807, 2.05) is 31.2 Å². The van der Waals surface area contributed by atoms with Crippen LogP contribution in [-0.4, -0.2) is 23.2 Å². The number of nitrogen functional groups attached to an aromatic ring is 1. The van der Waals surface area contributed by atoms with Crippen LogP contribution in [0.15, 0.2) is 30.5 Å². The van der Waals surface area contributed by atoms with E-state index in [0.29, 0.717) is 30.1 Å². The molecule has 0 spiro atoms. The van der Waals surface area contributed by atoms with Gasteiger partial charge in [0, 0.05) is 36.1 Å². The molecule has 24 heavy (non-hydrogen) atoms. The lowest BCUT2D eigenvalue weighted by atomic mass is 10.0. The van der Waals surface area contributed by atoms with Crippen molar-refractivity contribution < 1.29 is 9.59 Å². The average Bonchev–Trinajstić information content (AvgIpc) is 2.99. The number of ketones is 1. The fourth-order valence-electron chi connectivity index (χ4n) is 2.36. The van der Waals surface area contributed by atoms with E-state index < -0.39 is 0 Å². The van der Waals surface area contributed by atoms with Crippen molar-refractivity contribution in [3.8, 4) is 0 Å². The molecule has 0 radical (unpaired) electrons. The minimum absolute atomic E-state index is 0.122. The van der Waals surface area contributed by atoms with Crippen molar-refractivity contribution in [1.82, 2.24) is 10.3 Å². The van der Waals surface area contributed by atoms with Gasteiger partial charge in [0.2, 0.25) is 0 Å². The van der Waals surface area contributed by atoms with Gasteiger partial charge in [0.1, 0.15) is 5.78 Å². The van der Waals surface area contributed by atoms with Gasteiger partial charge < -0.3 is 11.1 Å². The van der Waals surface area contributed by atoms with Gasteiger partial charge >= 0.3 is 0 Å². The van der Waals surface area contributed by atoms with Gasteiger partial charge in [-0.1, -0.05) is 24.6 Å². The van der Waals surface area contributed by atoms with Crippen LogP contribution in [0.4, 0.5) is 5.69 Å². The lowest BCUT2D eigenvalue weighted by Crippen LogP contribution is -2.24. The first-order chi connectivity index (χ1) is 11.6. The van der Waals surface area contributed by atoms with Crippen LogP contribution in [0.25, 0.3) is 0 Å². The van der Waals surface area contributed by atoms with Gasteiger partial charge in [-0.25, -0.2) is 4.98 Å². The summed E-state index contributed by atoms with van der Waals surface area (Å²) in [4.78, 5) is 28.8. The molecular weight excluding hydrogens is 322 g/mol. The zero-order valence-corrected chi connectivity index (χ0v) is 14.7. The third-order valence-corrected chi connectivity index (χ3v) is 4.59. The average molecular weight is 345 g/mol. The minimum atomic E-state index is -0.122. The van der Waals surface area contributed by atoms with Crippen LogP contribution in [0.2, 0.25) is 0 Å². The Kier molecular flexibility index (Phi) is 6.93. The summed E-state index contributed by atoms with van der Waals surface area (Å²) in [6, 6.07) is 7.47. The smallest absolute Gasteiger partial charge is 0.280 e. The number of aromatic nitrogens is 1. The summed E-state index contributed by atoms with van der Waals surface area (Å²) < 4.78 is 0. The van der Waals surface area contributed by atoms with Crippen molar-refractivity contribution in [2.45, 2.75) is 39.0 Å². The van der Waals surface area contributed by atoms with Gasteiger partial charge in [-0.05, 0) is 31.4 Å². The number of hydrogen-bond acceptors (Lipinski definition) is 5. The Morgan fingerprint density at radius 2 is 2.00 bits per heavy atom. The number of benzene rings is 1. The molecule has 0 bridgehead atoms. The number of carbonyl (C=O) groups is 2. The fourth-order valence-corrected chi connectivity index (χ4v) is 3.04. The van der Waals surface area contributed by atoms with Crippen LogP contribution in [0.1, 0.15) is 45.9 Å². The van der Waals surface area contributed by atoms with Crippen molar-refractivity contribution in [3.63, 3.8) is 0 Å². The molecule has 0 unspecified atom stereocenters. The third kappa shape index (κ3) is 5.77. The molecule has 1 heterocycles. The number of nitrogens with two attached hydrogens (primary N) is 1. The van der Waals surface area contributed by atoms with Gasteiger partial charge in [0.15, 0.2) is 5.01 Å². The summed E-state index contributed by atoms with van der Waals surface area (Å²) in [7, 11) is 0. The van der Waals surface area contributed by atoms with Crippen LogP contribution in [-0.2, 0) is 11.2 Å². The fraction of sp³-hybridized carbons (Fsp3) is 0.389. The summed E-state index contributed by atoms with van der Waals surface area (Å²) in [6.07, 6.45) is 5.24. The molecule has 0 atom stereocenters. The Bertz CT molecular complexity index is 697. The predicted octanol–water partition coefficient (Wildman–Crippen LogP) is 3.14.